The van der Waals surface area contributed by atoms with E-state index in [1.54, 1.807) is 36.4 Å². The number of anilines is 3. The maximum absolute atomic E-state index is 14.3. The number of benzene rings is 3. The molecule has 0 spiro atoms. The van der Waals surface area contributed by atoms with Gasteiger partial charge in [0.1, 0.15) is 17.2 Å². The van der Waals surface area contributed by atoms with Crippen LogP contribution in [0.3, 0.4) is 0 Å². The minimum atomic E-state index is -4.16. The van der Waals surface area contributed by atoms with Gasteiger partial charge in [-0.15, -0.1) is 0 Å². The average Bonchev–Trinajstić information content (AvgIpc) is 3.07. The molecule has 3 aliphatic rings. The van der Waals surface area contributed by atoms with E-state index in [4.69, 9.17) is 30.8 Å². The molecule has 0 bridgehead atoms. The van der Waals surface area contributed by atoms with Crippen molar-refractivity contribution in [2.24, 2.45) is 17.2 Å². The van der Waals surface area contributed by atoms with Crippen LogP contribution in [0.5, 0.6) is 17.2 Å². The van der Waals surface area contributed by atoms with Gasteiger partial charge in [0.05, 0.1) is 0 Å². The number of hydrogen-bond acceptors (Lipinski definition) is 10. The molecule has 0 saturated heterocycles. The fourth-order valence-electron chi connectivity index (χ4n) is 6.78. The third-order valence-electron chi connectivity index (χ3n) is 9.64. The predicted molar refractivity (Wildman–Crippen MR) is 190 cm³/mol. The summed E-state index contributed by atoms with van der Waals surface area (Å²) < 4.78 is 32.3. The number of hydrogen-bond donors (Lipinski definition) is 6. The zero-order chi connectivity index (χ0) is 32.6. The van der Waals surface area contributed by atoms with Crippen LogP contribution >= 0.6 is 7.82 Å². The van der Waals surface area contributed by atoms with Crippen molar-refractivity contribution in [2.75, 3.05) is 16.0 Å². The molecule has 0 unspecified atom stereocenters. The smallest absolute Gasteiger partial charge is 0.386 e. The maximum Gasteiger partial charge on any atom is 0.647 e. The van der Waals surface area contributed by atoms with Gasteiger partial charge in [-0.25, -0.2) is 0 Å². The highest BCUT2D eigenvalue weighted by atomic mass is 31.2. The van der Waals surface area contributed by atoms with Crippen LogP contribution in [0, 0.1) is 0 Å². The molecule has 0 aromatic heterocycles. The lowest BCUT2D eigenvalue weighted by Gasteiger charge is -2.28. The number of phosphoric acid groups is 1. The molecule has 0 radical (unpaired) electrons. The molecule has 0 heterocycles. The van der Waals surface area contributed by atoms with E-state index >= 15 is 0 Å². The highest BCUT2D eigenvalue weighted by Gasteiger charge is 2.33. The van der Waals surface area contributed by atoms with Gasteiger partial charge in [0, 0.05) is 53.3 Å². The molecule has 254 valence electrons. The third-order valence-corrected chi connectivity index (χ3v) is 10.9. The standard InChI is InChI=1S/C36H51N6O4P/c37-25-1-7-28(8-2-25)40-31-13-19-34(20-14-31)44-47(43,45-35-21-15-32(16-22-35)41-29-9-3-26(38)4-10-29)46-36-23-17-33(18-24-36)42-30-11-5-27(39)6-12-30/h13-30,40-42H,1-12,37-39H2. The van der Waals surface area contributed by atoms with Gasteiger partial charge in [0.15, 0.2) is 0 Å². The first kappa shape index (κ1) is 33.5. The first-order valence-corrected chi connectivity index (χ1v) is 18.8. The quantitative estimate of drug-likeness (QED) is 0.108. The van der Waals surface area contributed by atoms with Crippen LogP contribution in [0.4, 0.5) is 17.1 Å². The molecule has 3 aromatic rings. The molecule has 3 fully saturated rings. The van der Waals surface area contributed by atoms with E-state index in [0.717, 1.165) is 94.1 Å². The van der Waals surface area contributed by atoms with Crippen LogP contribution < -0.4 is 46.7 Å². The predicted octanol–water partition coefficient (Wildman–Crippen LogP) is 7.38. The normalized spacial score (nSPS) is 27.6. The topological polar surface area (TPSA) is 159 Å². The van der Waals surface area contributed by atoms with E-state index in [-0.39, 0.29) is 0 Å². The van der Waals surface area contributed by atoms with Crippen molar-refractivity contribution < 1.29 is 18.1 Å². The molecule has 3 saturated carbocycles. The zero-order valence-corrected chi connectivity index (χ0v) is 28.1. The lowest BCUT2D eigenvalue weighted by molar-refractivity contribution is 0.298. The van der Waals surface area contributed by atoms with Crippen molar-refractivity contribution in [3.05, 3.63) is 72.8 Å². The Kier molecular flexibility index (Phi) is 11.1. The van der Waals surface area contributed by atoms with Crippen LogP contribution in [0.2, 0.25) is 0 Å². The molecule has 11 heteroatoms. The Balaban J connectivity index is 1.12. The Hall–Kier alpha value is -3.43. The second-order valence-electron chi connectivity index (χ2n) is 13.6. The molecular formula is C36H51N6O4P. The van der Waals surface area contributed by atoms with E-state index in [2.05, 4.69) is 16.0 Å². The Bertz CT molecular complexity index is 1260. The van der Waals surface area contributed by atoms with Gasteiger partial charge in [-0.2, -0.15) is 4.57 Å². The van der Waals surface area contributed by atoms with Crippen LogP contribution in [0.1, 0.15) is 77.0 Å². The van der Waals surface area contributed by atoms with Gasteiger partial charge >= 0.3 is 7.82 Å². The molecule has 3 aromatic carbocycles. The molecular weight excluding hydrogens is 611 g/mol. The summed E-state index contributed by atoms with van der Waals surface area (Å²) in [4.78, 5) is 0. The molecule has 0 atom stereocenters. The van der Waals surface area contributed by atoms with Gasteiger partial charge in [0.2, 0.25) is 0 Å². The average molecular weight is 663 g/mol. The number of rotatable bonds is 12. The van der Waals surface area contributed by atoms with Crippen LogP contribution in [-0.2, 0) is 4.57 Å². The van der Waals surface area contributed by atoms with Gasteiger partial charge in [-0.3, -0.25) is 0 Å². The number of phosphoric ester groups is 1. The summed E-state index contributed by atoms with van der Waals surface area (Å²) in [5.74, 6) is 1.14. The van der Waals surface area contributed by atoms with Crippen LogP contribution in [0.15, 0.2) is 72.8 Å². The van der Waals surface area contributed by atoms with Crippen molar-refractivity contribution in [1.82, 2.24) is 0 Å². The van der Waals surface area contributed by atoms with Gasteiger partial charge < -0.3 is 46.7 Å². The SMILES string of the molecule is NC1CCC(Nc2ccc(OP(=O)(Oc3ccc(NC4CCC(N)CC4)cc3)Oc3ccc(NC4CCC(N)CC4)cc3)cc2)CC1. The lowest BCUT2D eigenvalue weighted by atomic mass is 9.92. The summed E-state index contributed by atoms with van der Waals surface area (Å²) in [6.45, 7) is 0. The van der Waals surface area contributed by atoms with Crippen molar-refractivity contribution >= 4 is 24.9 Å². The first-order valence-electron chi connectivity index (χ1n) is 17.3. The van der Waals surface area contributed by atoms with Crippen LogP contribution in [0.25, 0.3) is 0 Å². The molecule has 0 amide bonds. The molecule has 3 aliphatic carbocycles. The van der Waals surface area contributed by atoms with E-state index < -0.39 is 7.82 Å². The second kappa shape index (κ2) is 15.6. The van der Waals surface area contributed by atoms with Gasteiger partial charge in [-0.1, -0.05) is 0 Å². The van der Waals surface area contributed by atoms with Crippen molar-refractivity contribution in [1.29, 1.82) is 0 Å². The van der Waals surface area contributed by atoms with Crippen molar-refractivity contribution in [2.45, 2.75) is 113 Å². The summed E-state index contributed by atoms with van der Waals surface area (Å²) in [6.07, 6.45) is 12.4. The Morgan fingerprint density at radius 1 is 0.426 bits per heavy atom. The Morgan fingerprint density at radius 2 is 0.660 bits per heavy atom. The largest absolute Gasteiger partial charge is 0.647 e. The summed E-state index contributed by atoms with van der Waals surface area (Å²) in [7, 11) is -4.16. The number of nitrogens with one attached hydrogen (secondary N) is 3. The summed E-state index contributed by atoms with van der Waals surface area (Å²) in [5, 5.41) is 10.7. The van der Waals surface area contributed by atoms with Crippen LogP contribution in [-0.4, -0.2) is 36.3 Å². The van der Waals surface area contributed by atoms with Gasteiger partial charge in [0.25, 0.3) is 0 Å². The molecule has 0 aliphatic heterocycles. The van der Waals surface area contributed by atoms with E-state index in [1.165, 1.54) is 0 Å². The van der Waals surface area contributed by atoms with Gasteiger partial charge in [-0.05, 0) is 150 Å². The summed E-state index contributed by atoms with van der Waals surface area (Å²) >= 11 is 0. The molecule has 6 rings (SSSR count). The zero-order valence-electron chi connectivity index (χ0n) is 27.2. The van der Waals surface area contributed by atoms with Crippen molar-refractivity contribution in [3.8, 4) is 17.2 Å². The summed E-state index contributed by atoms with van der Waals surface area (Å²) in [5.41, 5.74) is 21.1. The fraction of sp³-hybridized carbons (Fsp3) is 0.500. The number of nitrogens with two attached hydrogens (primary N) is 3. The van der Waals surface area contributed by atoms with Crippen molar-refractivity contribution in [3.63, 3.8) is 0 Å². The lowest BCUT2D eigenvalue weighted by Crippen LogP contribution is -2.32. The first-order chi connectivity index (χ1) is 22.8. The van der Waals surface area contributed by atoms with E-state index in [9.17, 15) is 4.57 Å². The third kappa shape index (κ3) is 10.0. The maximum atomic E-state index is 14.3. The molecule has 47 heavy (non-hydrogen) atoms. The Labute approximate surface area is 279 Å². The van der Waals surface area contributed by atoms with E-state index in [1.807, 2.05) is 36.4 Å². The minimum Gasteiger partial charge on any atom is -0.386 e. The molecule has 9 N–H and O–H groups in total. The van der Waals surface area contributed by atoms with E-state index in [0.29, 0.717) is 53.5 Å². The second-order valence-corrected chi connectivity index (χ2v) is 15.0. The monoisotopic (exact) mass is 662 g/mol. The minimum absolute atomic E-state index is 0.297. The highest BCUT2D eigenvalue weighted by Crippen LogP contribution is 2.50. The molecule has 10 nitrogen and oxygen atoms in total. The highest BCUT2D eigenvalue weighted by molar-refractivity contribution is 7.49. The fourth-order valence-corrected chi connectivity index (χ4v) is 8.03. The summed E-state index contributed by atoms with van der Waals surface area (Å²) in [6, 6.07) is 24.3. The Morgan fingerprint density at radius 3 is 0.894 bits per heavy atom.